The van der Waals surface area contributed by atoms with E-state index in [2.05, 4.69) is 20.6 Å². The number of carbonyl (C=O) groups excluding carboxylic acids is 1. The number of likely N-dealkylation sites (N-methyl/N-ethyl adjacent to an activating group) is 1. The summed E-state index contributed by atoms with van der Waals surface area (Å²) < 4.78 is 0. The molecule has 2 aromatic heterocycles. The maximum absolute atomic E-state index is 12.2. The van der Waals surface area contributed by atoms with Crippen molar-refractivity contribution in [3.63, 3.8) is 0 Å². The summed E-state index contributed by atoms with van der Waals surface area (Å²) in [6.07, 6.45) is 1.77. The van der Waals surface area contributed by atoms with Gasteiger partial charge in [-0.2, -0.15) is 0 Å². The predicted molar refractivity (Wildman–Crippen MR) is 84.5 cm³/mol. The van der Waals surface area contributed by atoms with Gasteiger partial charge in [-0.1, -0.05) is 6.07 Å². The molecule has 0 radical (unpaired) electrons. The lowest BCUT2D eigenvalue weighted by atomic mass is 10.2. The number of aromatic nitrogens is 2. The van der Waals surface area contributed by atoms with Gasteiger partial charge in [-0.15, -0.1) is 0 Å². The van der Waals surface area contributed by atoms with Gasteiger partial charge in [0, 0.05) is 19.3 Å². The average Bonchev–Trinajstić information content (AvgIpc) is 2.87. The lowest BCUT2D eigenvalue weighted by Gasteiger charge is -2.14. The van der Waals surface area contributed by atoms with Crippen LogP contribution in [0.15, 0.2) is 36.5 Å². The molecule has 2 N–H and O–H groups in total. The Kier molecular flexibility index (Phi) is 4.29. The number of amides is 1. The molecule has 22 heavy (non-hydrogen) atoms. The number of hydrogen-bond acceptors (Lipinski definition) is 5. The van der Waals surface area contributed by atoms with Crippen LogP contribution in [0.1, 0.15) is 21.7 Å². The van der Waals surface area contributed by atoms with E-state index in [1.165, 1.54) is 0 Å². The standard InChI is InChI=1S/C16H19N5O/c1-17-8-9-21-11-14-13(16(21)22)5-6-15(20-14)19-10-12-4-2-3-7-18-12/h2-7,17H,8-11H2,1H3,(H,19,20). The first-order valence-electron chi connectivity index (χ1n) is 7.35. The molecule has 6 heteroatoms. The summed E-state index contributed by atoms with van der Waals surface area (Å²) in [5.41, 5.74) is 2.50. The van der Waals surface area contributed by atoms with Crippen LogP contribution in [-0.4, -0.2) is 40.9 Å². The van der Waals surface area contributed by atoms with Crippen LogP contribution in [0.25, 0.3) is 0 Å². The van der Waals surface area contributed by atoms with E-state index in [0.717, 1.165) is 23.8 Å². The Morgan fingerprint density at radius 3 is 2.95 bits per heavy atom. The summed E-state index contributed by atoms with van der Waals surface area (Å²) in [6, 6.07) is 9.51. The molecular formula is C16H19N5O. The average molecular weight is 297 g/mol. The van der Waals surface area contributed by atoms with E-state index in [4.69, 9.17) is 0 Å². The zero-order valence-corrected chi connectivity index (χ0v) is 12.5. The smallest absolute Gasteiger partial charge is 0.256 e. The van der Waals surface area contributed by atoms with Crippen LogP contribution in [0.2, 0.25) is 0 Å². The fourth-order valence-electron chi connectivity index (χ4n) is 2.45. The van der Waals surface area contributed by atoms with Crippen molar-refractivity contribution in [2.75, 3.05) is 25.5 Å². The quantitative estimate of drug-likeness (QED) is 0.840. The van der Waals surface area contributed by atoms with Gasteiger partial charge in [0.2, 0.25) is 0 Å². The molecule has 2 aromatic rings. The Morgan fingerprint density at radius 1 is 1.27 bits per heavy atom. The van der Waals surface area contributed by atoms with E-state index in [9.17, 15) is 4.79 Å². The number of anilines is 1. The summed E-state index contributed by atoms with van der Waals surface area (Å²) in [5.74, 6) is 0.835. The van der Waals surface area contributed by atoms with Gasteiger partial charge in [-0.3, -0.25) is 9.78 Å². The Bertz CT molecular complexity index is 659. The van der Waals surface area contributed by atoms with E-state index >= 15 is 0 Å². The molecule has 1 aliphatic heterocycles. The minimum Gasteiger partial charge on any atom is -0.364 e. The van der Waals surface area contributed by atoms with Gasteiger partial charge in [0.1, 0.15) is 5.82 Å². The highest BCUT2D eigenvalue weighted by molar-refractivity contribution is 5.98. The normalized spacial score (nSPS) is 13.3. The van der Waals surface area contributed by atoms with Crippen molar-refractivity contribution in [3.8, 4) is 0 Å². The highest BCUT2D eigenvalue weighted by Gasteiger charge is 2.28. The van der Waals surface area contributed by atoms with Crippen LogP contribution in [0.4, 0.5) is 5.82 Å². The third kappa shape index (κ3) is 3.07. The third-order valence-corrected chi connectivity index (χ3v) is 3.64. The molecule has 0 aromatic carbocycles. The molecule has 3 rings (SSSR count). The van der Waals surface area contributed by atoms with E-state index in [1.807, 2.05) is 42.3 Å². The predicted octanol–water partition coefficient (Wildman–Crippen LogP) is 1.26. The minimum atomic E-state index is 0.0639. The van der Waals surface area contributed by atoms with Gasteiger partial charge >= 0.3 is 0 Å². The molecule has 0 saturated heterocycles. The Morgan fingerprint density at radius 2 is 2.18 bits per heavy atom. The first kappa shape index (κ1) is 14.5. The topological polar surface area (TPSA) is 70.2 Å². The number of nitrogens with one attached hydrogen (secondary N) is 2. The van der Waals surface area contributed by atoms with E-state index in [0.29, 0.717) is 25.2 Å². The number of rotatable bonds is 6. The van der Waals surface area contributed by atoms with Crippen molar-refractivity contribution in [2.45, 2.75) is 13.1 Å². The Hall–Kier alpha value is -2.47. The summed E-state index contributed by atoms with van der Waals surface area (Å²) in [6.45, 7) is 2.67. The first-order valence-corrected chi connectivity index (χ1v) is 7.35. The molecule has 0 saturated carbocycles. The Labute approximate surface area is 129 Å². The molecule has 0 bridgehead atoms. The van der Waals surface area contributed by atoms with E-state index < -0.39 is 0 Å². The van der Waals surface area contributed by atoms with Crippen LogP contribution < -0.4 is 10.6 Å². The number of hydrogen-bond donors (Lipinski definition) is 2. The fourth-order valence-corrected chi connectivity index (χ4v) is 2.45. The summed E-state index contributed by atoms with van der Waals surface area (Å²) in [5, 5.41) is 6.31. The van der Waals surface area contributed by atoms with E-state index in [-0.39, 0.29) is 5.91 Å². The van der Waals surface area contributed by atoms with Crippen molar-refractivity contribution in [3.05, 3.63) is 53.5 Å². The first-order chi connectivity index (χ1) is 10.8. The lowest BCUT2D eigenvalue weighted by molar-refractivity contribution is 0.0780. The number of pyridine rings is 2. The molecule has 3 heterocycles. The maximum atomic E-state index is 12.2. The maximum Gasteiger partial charge on any atom is 0.256 e. The van der Waals surface area contributed by atoms with Gasteiger partial charge in [-0.05, 0) is 31.3 Å². The zero-order chi connectivity index (χ0) is 15.4. The molecule has 0 spiro atoms. The van der Waals surface area contributed by atoms with Gasteiger partial charge in [-0.25, -0.2) is 4.98 Å². The van der Waals surface area contributed by atoms with Crippen molar-refractivity contribution in [1.82, 2.24) is 20.2 Å². The molecule has 114 valence electrons. The van der Waals surface area contributed by atoms with Crippen LogP contribution in [0, 0.1) is 0 Å². The van der Waals surface area contributed by atoms with Crippen molar-refractivity contribution in [2.24, 2.45) is 0 Å². The van der Waals surface area contributed by atoms with Gasteiger partial charge in [0.15, 0.2) is 0 Å². The second-order valence-corrected chi connectivity index (χ2v) is 5.20. The van der Waals surface area contributed by atoms with Gasteiger partial charge in [0.05, 0.1) is 30.0 Å². The SMILES string of the molecule is CNCCN1Cc2nc(NCc3ccccn3)ccc2C1=O. The zero-order valence-electron chi connectivity index (χ0n) is 12.5. The number of fused-ring (bicyclic) bond motifs is 1. The molecule has 1 amide bonds. The van der Waals surface area contributed by atoms with Gasteiger partial charge in [0.25, 0.3) is 5.91 Å². The largest absolute Gasteiger partial charge is 0.364 e. The van der Waals surface area contributed by atoms with Gasteiger partial charge < -0.3 is 15.5 Å². The Balaban J connectivity index is 1.67. The second-order valence-electron chi connectivity index (χ2n) is 5.20. The number of carbonyl (C=O) groups is 1. The molecule has 1 aliphatic rings. The monoisotopic (exact) mass is 297 g/mol. The summed E-state index contributed by atoms with van der Waals surface area (Å²) in [4.78, 5) is 22.9. The van der Waals surface area contributed by atoms with Crippen LogP contribution in [-0.2, 0) is 13.1 Å². The van der Waals surface area contributed by atoms with Crippen LogP contribution in [0.5, 0.6) is 0 Å². The highest BCUT2D eigenvalue weighted by Crippen LogP contribution is 2.22. The van der Waals surface area contributed by atoms with Crippen molar-refractivity contribution < 1.29 is 4.79 Å². The third-order valence-electron chi connectivity index (χ3n) is 3.64. The summed E-state index contributed by atoms with van der Waals surface area (Å²) in [7, 11) is 1.88. The molecule has 0 fully saturated rings. The fraction of sp³-hybridized carbons (Fsp3) is 0.312. The van der Waals surface area contributed by atoms with E-state index in [1.54, 1.807) is 6.20 Å². The minimum absolute atomic E-state index is 0.0639. The number of nitrogens with zero attached hydrogens (tertiary/aromatic N) is 3. The molecule has 0 unspecified atom stereocenters. The molecule has 0 aliphatic carbocycles. The second kappa shape index (κ2) is 6.53. The highest BCUT2D eigenvalue weighted by atomic mass is 16.2. The summed E-state index contributed by atoms with van der Waals surface area (Å²) >= 11 is 0. The lowest BCUT2D eigenvalue weighted by Crippen LogP contribution is -2.30. The van der Waals surface area contributed by atoms with Crippen LogP contribution >= 0.6 is 0 Å². The molecular weight excluding hydrogens is 278 g/mol. The van der Waals surface area contributed by atoms with Crippen molar-refractivity contribution in [1.29, 1.82) is 0 Å². The molecule has 6 nitrogen and oxygen atoms in total. The molecule has 0 atom stereocenters. The van der Waals surface area contributed by atoms with Crippen LogP contribution in [0.3, 0.4) is 0 Å². The van der Waals surface area contributed by atoms with Crippen molar-refractivity contribution >= 4 is 11.7 Å².